The largest absolute Gasteiger partial charge is 0.444 e. The summed E-state index contributed by atoms with van der Waals surface area (Å²) in [5.74, 6) is 0.481. The summed E-state index contributed by atoms with van der Waals surface area (Å²) >= 11 is 0. The van der Waals surface area contributed by atoms with Crippen LogP contribution in [0.4, 0.5) is 10.7 Å². The third-order valence-electron chi connectivity index (χ3n) is 6.50. The molecule has 0 saturated carbocycles. The second-order valence-electron chi connectivity index (χ2n) is 11.8. The summed E-state index contributed by atoms with van der Waals surface area (Å²) in [4.78, 5) is 22.7. The van der Waals surface area contributed by atoms with E-state index in [9.17, 15) is 18.3 Å². The average Bonchev–Trinajstić information content (AvgIpc) is 3.19. The molecule has 0 bridgehead atoms. The minimum Gasteiger partial charge on any atom is -0.444 e. The second-order valence-corrected chi connectivity index (χ2v) is 14.0. The molecule has 2 aromatic rings. The number of amides is 1. The van der Waals surface area contributed by atoms with Crippen LogP contribution in [0, 0.1) is 6.92 Å². The van der Waals surface area contributed by atoms with Gasteiger partial charge in [-0.15, -0.1) is 0 Å². The van der Waals surface area contributed by atoms with Crippen LogP contribution in [0.2, 0.25) is 0 Å². The van der Waals surface area contributed by atoms with Gasteiger partial charge in [0.2, 0.25) is 16.0 Å². The molecule has 2 aromatic heterocycles. The molecule has 0 aromatic carbocycles. The Hall–Kier alpha value is -2.77. The Bertz CT molecular complexity index is 1250. The summed E-state index contributed by atoms with van der Waals surface area (Å²) in [6, 6.07) is 0.0366. The van der Waals surface area contributed by atoms with Crippen molar-refractivity contribution in [2.45, 2.75) is 83.4 Å². The van der Waals surface area contributed by atoms with Gasteiger partial charge in [-0.3, -0.25) is 4.68 Å². The van der Waals surface area contributed by atoms with E-state index in [1.54, 1.807) is 51.7 Å². The van der Waals surface area contributed by atoms with Crippen molar-refractivity contribution in [2.75, 3.05) is 31.5 Å². The van der Waals surface area contributed by atoms with E-state index in [1.807, 2.05) is 13.1 Å². The first-order chi connectivity index (χ1) is 17.6. The molecular weight excluding hydrogens is 510 g/mol. The predicted octanol–water partition coefficient (Wildman–Crippen LogP) is 2.24. The summed E-state index contributed by atoms with van der Waals surface area (Å²) in [6.07, 6.45) is 6.10. The Morgan fingerprint density at radius 2 is 1.82 bits per heavy atom. The number of aromatic nitrogens is 4. The maximum Gasteiger partial charge on any atom is 0.410 e. The number of likely N-dealkylation sites (tertiary alicyclic amines) is 1. The molecule has 0 unspecified atom stereocenters. The van der Waals surface area contributed by atoms with Gasteiger partial charge in [0.25, 0.3) is 0 Å². The minimum atomic E-state index is -3.49. The lowest BCUT2D eigenvalue weighted by atomic mass is 10.1. The van der Waals surface area contributed by atoms with Crippen molar-refractivity contribution < 1.29 is 23.1 Å². The number of piperidine rings is 1. The summed E-state index contributed by atoms with van der Waals surface area (Å²) in [7, 11) is -3.49. The van der Waals surface area contributed by atoms with Crippen molar-refractivity contribution in [3.63, 3.8) is 0 Å². The first-order valence-corrected chi connectivity index (χ1v) is 14.4. The number of rotatable bonds is 7. The number of hydrogen-bond donors (Lipinski definition) is 2. The Balaban J connectivity index is 1.31. The second kappa shape index (κ2) is 10.4. The molecule has 4 heterocycles. The maximum absolute atomic E-state index is 13.1. The molecule has 0 radical (unpaired) electrons. The number of hydrogen-bond acceptors (Lipinski definition) is 9. The number of carbonyl (C=O) groups is 1. The fourth-order valence-electron chi connectivity index (χ4n) is 4.52. The Labute approximate surface area is 224 Å². The SMILES string of the molecule is Cc1cnc(NC2CCN(S(=O)(=O)C3CN(C(=O)OC(C)(C)C)C3)CC2)nc1-c1cnn(CC(C)(C)O)c1. The van der Waals surface area contributed by atoms with Crippen molar-refractivity contribution in [3.05, 3.63) is 24.2 Å². The smallest absolute Gasteiger partial charge is 0.410 e. The number of sulfonamides is 1. The van der Waals surface area contributed by atoms with E-state index >= 15 is 0 Å². The number of nitrogens with zero attached hydrogens (tertiary/aromatic N) is 6. The zero-order valence-corrected chi connectivity index (χ0v) is 23.8. The highest BCUT2D eigenvalue weighted by atomic mass is 32.2. The highest BCUT2D eigenvalue weighted by molar-refractivity contribution is 7.89. The summed E-state index contributed by atoms with van der Waals surface area (Å²) in [5.41, 5.74) is 0.995. The molecule has 2 aliphatic rings. The third-order valence-corrected chi connectivity index (χ3v) is 8.72. The quantitative estimate of drug-likeness (QED) is 0.531. The Kier molecular flexibility index (Phi) is 7.74. The number of aliphatic hydroxyl groups is 1. The van der Waals surface area contributed by atoms with Crippen LogP contribution in [0.25, 0.3) is 11.3 Å². The first-order valence-electron chi connectivity index (χ1n) is 12.9. The van der Waals surface area contributed by atoms with Gasteiger partial charge in [-0.2, -0.15) is 5.10 Å². The number of anilines is 1. The molecule has 38 heavy (non-hydrogen) atoms. The Morgan fingerprint density at radius 1 is 1.16 bits per heavy atom. The topological polar surface area (TPSA) is 143 Å². The molecule has 1 amide bonds. The van der Waals surface area contributed by atoms with Gasteiger partial charge in [-0.05, 0) is 59.9 Å². The molecule has 2 saturated heterocycles. The first kappa shape index (κ1) is 28.2. The van der Waals surface area contributed by atoms with Crippen LogP contribution in [0.3, 0.4) is 0 Å². The fourth-order valence-corrected chi connectivity index (χ4v) is 6.40. The molecule has 0 atom stereocenters. The predicted molar refractivity (Wildman–Crippen MR) is 143 cm³/mol. The van der Waals surface area contributed by atoms with Crippen molar-refractivity contribution in [2.24, 2.45) is 0 Å². The lowest BCUT2D eigenvalue weighted by Gasteiger charge is -2.42. The van der Waals surface area contributed by atoms with E-state index < -0.39 is 32.6 Å². The lowest BCUT2D eigenvalue weighted by Crippen LogP contribution is -2.61. The monoisotopic (exact) mass is 549 g/mol. The van der Waals surface area contributed by atoms with Gasteiger partial charge in [-0.25, -0.2) is 27.5 Å². The van der Waals surface area contributed by atoms with Crippen LogP contribution in [-0.2, 0) is 21.3 Å². The van der Waals surface area contributed by atoms with Gasteiger partial charge in [0.1, 0.15) is 10.9 Å². The highest BCUT2D eigenvalue weighted by Crippen LogP contribution is 2.27. The van der Waals surface area contributed by atoms with E-state index in [-0.39, 0.29) is 19.1 Å². The van der Waals surface area contributed by atoms with E-state index in [2.05, 4.69) is 15.4 Å². The zero-order valence-electron chi connectivity index (χ0n) is 23.0. The standard InChI is InChI=1S/C25H39N7O5S/c1-17-11-26-22(29-21(17)18-12-27-31(13-18)16-25(5,6)34)28-19-7-9-32(10-8-19)38(35,36)20-14-30(15-20)23(33)37-24(2,3)4/h11-13,19-20,34H,7-10,14-16H2,1-6H3,(H,26,28,29). The van der Waals surface area contributed by atoms with Gasteiger partial charge < -0.3 is 20.1 Å². The van der Waals surface area contributed by atoms with Crippen LogP contribution in [-0.4, -0.2) is 97.2 Å². The van der Waals surface area contributed by atoms with E-state index in [1.165, 1.54) is 9.21 Å². The number of nitrogens with one attached hydrogen (secondary N) is 1. The fraction of sp³-hybridized carbons (Fsp3) is 0.680. The van der Waals surface area contributed by atoms with Crippen molar-refractivity contribution in [1.29, 1.82) is 0 Å². The molecular formula is C25H39N7O5S. The summed E-state index contributed by atoms with van der Waals surface area (Å²) < 4.78 is 34.7. The van der Waals surface area contributed by atoms with Crippen molar-refractivity contribution >= 4 is 22.1 Å². The molecule has 210 valence electrons. The zero-order chi connectivity index (χ0) is 27.9. The van der Waals surface area contributed by atoms with Crippen LogP contribution in [0.1, 0.15) is 53.0 Å². The maximum atomic E-state index is 13.1. The summed E-state index contributed by atoms with van der Waals surface area (Å²) in [6.45, 7) is 12.2. The van der Waals surface area contributed by atoms with Crippen molar-refractivity contribution in [1.82, 2.24) is 29.0 Å². The van der Waals surface area contributed by atoms with Crippen LogP contribution in [0.15, 0.2) is 18.6 Å². The lowest BCUT2D eigenvalue weighted by molar-refractivity contribution is 0.0135. The Morgan fingerprint density at radius 3 is 2.42 bits per heavy atom. The molecule has 0 aliphatic carbocycles. The molecule has 2 aliphatic heterocycles. The van der Waals surface area contributed by atoms with Gasteiger partial charge in [0, 0.05) is 50.2 Å². The highest BCUT2D eigenvalue weighted by Gasteiger charge is 2.44. The molecule has 2 fully saturated rings. The molecule has 4 rings (SSSR count). The third kappa shape index (κ3) is 6.80. The number of carbonyl (C=O) groups excluding carboxylic acids is 1. The van der Waals surface area contributed by atoms with Gasteiger partial charge in [0.05, 0.1) is 24.0 Å². The number of aryl methyl sites for hydroxylation is 1. The van der Waals surface area contributed by atoms with Crippen LogP contribution in [0.5, 0.6) is 0 Å². The number of ether oxygens (including phenoxy) is 1. The molecule has 13 heteroatoms. The van der Waals surface area contributed by atoms with Crippen LogP contribution >= 0.6 is 0 Å². The average molecular weight is 550 g/mol. The van der Waals surface area contributed by atoms with E-state index in [0.29, 0.717) is 38.4 Å². The van der Waals surface area contributed by atoms with Gasteiger partial charge in [-0.1, -0.05) is 0 Å². The molecule has 0 spiro atoms. The van der Waals surface area contributed by atoms with E-state index in [0.717, 1.165) is 16.8 Å². The molecule has 12 nitrogen and oxygen atoms in total. The normalized spacial score (nSPS) is 18.3. The summed E-state index contributed by atoms with van der Waals surface area (Å²) in [5, 5.41) is 17.2. The van der Waals surface area contributed by atoms with Gasteiger partial charge in [0.15, 0.2) is 0 Å². The van der Waals surface area contributed by atoms with Crippen molar-refractivity contribution in [3.8, 4) is 11.3 Å². The van der Waals surface area contributed by atoms with Crippen LogP contribution < -0.4 is 5.32 Å². The minimum absolute atomic E-state index is 0.0366. The molecule has 2 N–H and O–H groups in total. The van der Waals surface area contributed by atoms with E-state index in [4.69, 9.17) is 9.72 Å². The van der Waals surface area contributed by atoms with Gasteiger partial charge >= 0.3 is 6.09 Å².